The number of fused-ring (bicyclic) bond motifs is 2. The molecule has 0 amide bonds. The van der Waals surface area contributed by atoms with Crippen LogP contribution in [0.4, 0.5) is 0 Å². The SMILES string of the molecule is Cc1cccc2c1Sc1ccc(Cl)cc1C[C@H]2[NH+]1CC[NH2+]CC1. The van der Waals surface area contributed by atoms with E-state index in [2.05, 4.69) is 42.6 Å². The second kappa shape index (κ2) is 6.48. The second-order valence-electron chi connectivity index (χ2n) is 6.63. The van der Waals surface area contributed by atoms with Gasteiger partial charge in [-0.05, 0) is 36.2 Å². The van der Waals surface area contributed by atoms with Crippen molar-refractivity contribution < 1.29 is 10.2 Å². The van der Waals surface area contributed by atoms with Crippen LogP contribution in [-0.2, 0) is 6.42 Å². The molecule has 0 aliphatic carbocycles. The first-order valence-electron chi connectivity index (χ1n) is 8.44. The Bertz CT molecular complexity index is 725. The van der Waals surface area contributed by atoms with Crippen molar-refractivity contribution in [1.29, 1.82) is 0 Å². The standard InChI is InChI=1S/C19H21ClN2S/c1-13-3-2-4-16-17(22-9-7-21-8-10-22)12-14-11-15(20)5-6-18(14)23-19(13)16/h2-6,11,17,21H,7-10,12H2,1H3/p+2/t17-/m1/s1. The fourth-order valence-electron chi connectivity index (χ4n) is 3.89. The molecule has 120 valence electrons. The molecule has 2 aromatic rings. The van der Waals surface area contributed by atoms with Crippen LogP contribution in [0, 0.1) is 6.92 Å². The maximum atomic E-state index is 6.28. The number of nitrogens with one attached hydrogen (secondary N) is 1. The smallest absolute Gasteiger partial charge is 0.127 e. The average molecular weight is 347 g/mol. The summed E-state index contributed by atoms with van der Waals surface area (Å²) in [5.74, 6) is 0. The van der Waals surface area contributed by atoms with Crippen LogP contribution in [-0.4, -0.2) is 26.2 Å². The van der Waals surface area contributed by atoms with Gasteiger partial charge in [0.2, 0.25) is 0 Å². The van der Waals surface area contributed by atoms with E-state index in [4.69, 9.17) is 11.6 Å². The molecule has 4 heteroatoms. The molecule has 2 nitrogen and oxygen atoms in total. The lowest BCUT2D eigenvalue weighted by Gasteiger charge is -2.31. The summed E-state index contributed by atoms with van der Waals surface area (Å²) < 4.78 is 0. The van der Waals surface area contributed by atoms with Gasteiger partial charge >= 0.3 is 0 Å². The average Bonchev–Trinajstić information content (AvgIpc) is 2.73. The third-order valence-electron chi connectivity index (χ3n) is 5.11. The third-order valence-corrected chi connectivity index (χ3v) is 6.72. The van der Waals surface area contributed by atoms with E-state index in [1.54, 1.807) is 4.90 Å². The molecular formula is C19H23ClN2S+2. The maximum Gasteiger partial charge on any atom is 0.127 e. The normalized spacial score (nSPS) is 21.4. The second-order valence-corrected chi connectivity index (χ2v) is 8.12. The van der Waals surface area contributed by atoms with Crippen molar-refractivity contribution in [2.24, 2.45) is 0 Å². The van der Waals surface area contributed by atoms with Gasteiger partial charge in [-0.25, -0.2) is 0 Å². The number of benzene rings is 2. The minimum atomic E-state index is 0.547. The fourth-order valence-corrected chi connectivity index (χ4v) is 5.27. The lowest BCUT2D eigenvalue weighted by molar-refractivity contribution is -0.972. The summed E-state index contributed by atoms with van der Waals surface area (Å²) in [7, 11) is 0. The van der Waals surface area contributed by atoms with Crippen molar-refractivity contribution in [3.63, 3.8) is 0 Å². The Morgan fingerprint density at radius 2 is 2.00 bits per heavy atom. The van der Waals surface area contributed by atoms with Gasteiger partial charge in [0.05, 0.1) is 0 Å². The highest BCUT2D eigenvalue weighted by molar-refractivity contribution is 7.99. The van der Waals surface area contributed by atoms with Crippen LogP contribution in [0.2, 0.25) is 5.02 Å². The lowest BCUT2D eigenvalue weighted by atomic mass is 9.95. The number of hydrogen-bond donors (Lipinski definition) is 2. The quantitative estimate of drug-likeness (QED) is 0.808. The maximum absolute atomic E-state index is 6.28. The summed E-state index contributed by atoms with van der Waals surface area (Å²) in [6.07, 6.45) is 1.09. The van der Waals surface area contributed by atoms with E-state index in [1.165, 1.54) is 52.7 Å². The third kappa shape index (κ3) is 3.03. The molecule has 1 fully saturated rings. The first-order chi connectivity index (χ1) is 11.2. The lowest BCUT2D eigenvalue weighted by Crippen LogP contribution is -3.20. The highest BCUT2D eigenvalue weighted by atomic mass is 35.5. The Labute approximate surface area is 147 Å². The highest BCUT2D eigenvalue weighted by Gasteiger charge is 2.32. The fraction of sp³-hybridized carbons (Fsp3) is 0.368. The first-order valence-corrected chi connectivity index (χ1v) is 9.64. The zero-order chi connectivity index (χ0) is 15.8. The monoisotopic (exact) mass is 346 g/mol. The van der Waals surface area contributed by atoms with Gasteiger partial charge in [-0.2, -0.15) is 0 Å². The number of nitrogens with two attached hydrogens (primary N) is 1. The molecule has 0 aromatic heterocycles. The van der Waals surface area contributed by atoms with Crippen LogP contribution in [0.15, 0.2) is 46.2 Å². The predicted octanol–water partition coefficient (Wildman–Crippen LogP) is 1.86. The molecule has 0 unspecified atom stereocenters. The van der Waals surface area contributed by atoms with Crippen LogP contribution in [0.3, 0.4) is 0 Å². The number of halogens is 1. The molecule has 1 saturated heterocycles. The molecule has 2 aromatic carbocycles. The van der Waals surface area contributed by atoms with Crippen LogP contribution < -0.4 is 10.2 Å². The van der Waals surface area contributed by atoms with Crippen molar-refractivity contribution >= 4 is 23.4 Å². The predicted molar refractivity (Wildman–Crippen MR) is 95.6 cm³/mol. The Morgan fingerprint density at radius 3 is 2.83 bits per heavy atom. The van der Waals surface area contributed by atoms with E-state index < -0.39 is 0 Å². The number of quaternary nitrogens is 2. The van der Waals surface area contributed by atoms with E-state index in [0.717, 1.165) is 11.4 Å². The van der Waals surface area contributed by atoms with Crippen LogP contribution in [0.5, 0.6) is 0 Å². The topological polar surface area (TPSA) is 21.1 Å². The molecule has 2 heterocycles. The number of hydrogen-bond acceptors (Lipinski definition) is 1. The molecule has 2 aliphatic heterocycles. The Balaban J connectivity index is 1.82. The Hall–Kier alpha value is -1.00. The highest BCUT2D eigenvalue weighted by Crippen LogP contribution is 2.42. The number of aryl methyl sites for hydroxylation is 1. The number of rotatable bonds is 1. The van der Waals surface area contributed by atoms with Gasteiger partial charge in [0.1, 0.15) is 32.2 Å². The zero-order valence-electron chi connectivity index (χ0n) is 13.4. The van der Waals surface area contributed by atoms with Crippen LogP contribution in [0.1, 0.15) is 22.7 Å². The summed E-state index contributed by atoms with van der Waals surface area (Å²) in [6, 6.07) is 13.7. The molecule has 0 saturated carbocycles. The van der Waals surface area contributed by atoms with Gasteiger partial charge in [0.15, 0.2) is 0 Å². The van der Waals surface area contributed by atoms with E-state index in [0.29, 0.717) is 6.04 Å². The minimum Gasteiger partial charge on any atom is -0.337 e. The van der Waals surface area contributed by atoms with Crippen molar-refractivity contribution in [3.05, 3.63) is 58.1 Å². The first kappa shape index (κ1) is 15.5. The van der Waals surface area contributed by atoms with Crippen molar-refractivity contribution in [1.82, 2.24) is 0 Å². The molecule has 0 bridgehead atoms. The van der Waals surface area contributed by atoms with Gasteiger partial charge < -0.3 is 10.2 Å². The van der Waals surface area contributed by atoms with Crippen LogP contribution in [0.25, 0.3) is 0 Å². The Morgan fingerprint density at radius 1 is 1.17 bits per heavy atom. The Kier molecular flexibility index (Phi) is 4.37. The zero-order valence-corrected chi connectivity index (χ0v) is 15.0. The summed E-state index contributed by atoms with van der Waals surface area (Å²) in [6.45, 7) is 7.21. The summed E-state index contributed by atoms with van der Waals surface area (Å²) in [4.78, 5) is 4.56. The van der Waals surface area contributed by atoms with E-state index in [9.17, 15) is 0 Å². The molecular weight excluding hydrogens is 324 g/mol. The molecule has 1 atom stereocenters. The largest absolute Gasteiger partial charge is 0.337 e. The van der Waals surface area contributed by atoms with Crippen molar-refractivity contribution in [2.75, 3.05) is 26.2 Å². The van der Waals surface area contributed by atoms with Gasteiger partial charge in [0.25, 0.3) is 0 Å². The molecule has 3 N–H and O–H groups in total. The summed E-state index contributed by atoms with van der Waals surface area (Å²) in [5.41, 5.74) is 4.33. The van der Waals surface area contributed by atoms with Crippen LogP contribution >= 0.6 is 23.4 Å². The molecule has 23 heavy (non-hydrogen) atoms. The van der Waals surface area contributed by atoms with Crippen molar-refractivity contribution in [3.8, 4) is 0 Å². The van der Waals surface area contributed by atoms with E-state index in [-0.39, 0.29) is 0 Å². The van der Waals surface area contributed by atoms with Crippen molar-refractivity contribution in [2.45, 2.75) is 29.2 Å². The van der Waals surface area contributed by atoms with Gasteiger partial charge in [0, 0.05) is 26.8 Å². The molecule has 0 radical (unpaired) electrons. The summed E-state index contributed by atoms with van der Waals surface area (Å²) >= 11 is 8.21. The van der Waals surface area contributed by atoms with E-state index in [1.807, 2.05) is 17.8 Å². The molecule has 4 rings (SSSR count). The molecule has 2 aliphatic rings. The van der Waals surface area contributed by atoms with E-state index >= 15 is 0 Å². The minimum absolute atomic E-state index is 0.547. The van der Waals surface area contributed by atoms with Gasteiger partial charge in [-0.15, -0.1) is 0 Å². The molecule has 0 spiro atoms. The van der Waals surface area contributed by atoms with Gasteiger partial charge in [-0.3, -0.25) is 0 Å². The summed E-state index contributed by atoms with van der Waals surface area (Å²) in [5, 5.41) is 3.30. The van der Waals surface area contributed by atoms with Gasteiger partial charge in [-0.1, -0.05) is 41.6 Å². The number of piperazine rings is 1.